The van der Waals surface area contributed by atoms with E-state index in [1.165, 1.54) is 16.8 Å². The summed E-state index contributed by atoms with van der Waals surface area (Å²) in [6.45, 7) is 5.95. The van der Waals surface area contributed by atoms with Gasteiger partial charge in [-0.25, -0.2) is 0 Å². The number of nitrogens with one attached hydrogen (secondary N) is 1. The van der Waals surface area contributed by atoms with Crippen LogP contribution in [-0.4, -0.2) is 0 Å². The Kier molecular flexibility index (Phi) is 1.51. The predicted octanol–water partition coefficient (Wildman–Crippen LogP) is 2.95. The monoisotopic (exact) mass is 157 g/mol. The average Bonchev–Trinajstić information content (AvgIpc) is 2.07. The molecule has 1 N–H and O–H groups in total. The highest BCUT2D eigenvalue weighted by atomic mass is 14.9. The van der Waals surface area contributed by atoms with Crippen molar-refractivity contribution in [3.8, 4) is 0 Å². The minimum atomic E-state index is 0.955. The van der Waals surface area contributed by atoms with Crippen LogP contribution >= 0.6 is 0 Å². The Bertz CT molecular complexity index is 361. The van der Waals surface area contributed by atoms with Gasteiger partial charge in [0.25, 0.3) is 0 Å². The molecule has 60 valence electrons. The second kappa shape index (κ2) is 2.52. The van der Waals surface area contributed by atoms with Gasteiger partial charge in [0.2, 0.25) is 0 Å². The highest BCUT2D eigenvalue weighted by Gasteiger charge is 2.06. The smallest absolute Gasteiger partial charge is 0.0487 e. The summed E-state index contributed by atoms with van der Waals surface area (Å²) in [5.74, 6) is 0. The van der Waals surface area contributed by atoms with E-state index in [1.54, 1.807) is 0 Å². The largest absolute Gasteiger partial charge is 0.355 e. The lowest BCUT2D eigenvalue weighted by Crippen LogP contribution is -2.03. The molecule has 0 amide bonds. The van der Waals surface area contributed by atoms with Crippen LogP contribution in [0.15, 0.2) is 36.6 Å². The van der Waals surface area contributed by atoms with Crippen LogP contribution < -0.4 is 5.32 Å². The second-order valence-electron chi connectivity index (χ2n) is 3.02. The van der Waals surface area contributed by atoms with Crippen molar-refractivity contribution in [3.63, 3.8) is 0 Å². The molecule has 0 saturated heterocycles. The molecule has 0 aromatic heterocycles. The molecule has 1 nitrogen and oxygen atoms in total. The van der Waals surface area contributed by atoms with Crippen molar-refractivity contribution in [2.24, 2.45) is 0 Å². The second-order valence-corrected chi connectivity index (χ2v) is 3.02. The fourth-order valence-electron chi connectivity index (χ4n) is 1.39. The van der Waals surface area contributed by atoms with Crippen molar-refractivity contribution in [2.75, 3.05) is 5.32 Å². The Balaban J connectivity index is 2.60. The van der Waals surface area contributed by atoms with Crippen molar-refractivity contribution >= 4 is 11.8 Å². The lowest BCUT2D eigenvalue weighted by atomic mass is 10.0. The van der Waals surface area contributed by atoms with Gasteiger partial charge in [-0.05, 0) is 24.1 Å². The van der Waals surface area contributed by atoms with Crippen LogP contribution in [0.25, 0.3) is 6.08 Å². The van der Waals surface area contributed by atoms with Gasteiger partial charge < -0.3 is 5.32 Å². The molecule has 0 fully saturated rings. The quantitative estimate of drug-likeness (QED) is 0.610. The summed E-state index contributed by atoms with van der Waals surface area (Å²) in [5.41, 5.74) is 4.64. The van der Waals surface area contributed by atoms with Crippen LogP contribution in [0.5, 0.6) is 0 Å². The van der Waals surface area contributed by atoms with Crippen LogP contribution in [0.2, 0.25) is 0 Å². The molecule has 0 bridgehead atoms. The van der Waals surface area contributed by atoms with E-state index < -0.39 is 0 Å². The van der Waals surface area contributed by atoms with Gasteiger partial charge >= 0.3 is 0 Å². The molecule has 0 aliphatic carbocycles. The molecule has 1 aliphatic heterocycles. The van der Waals surface area contributed by atoms with Crippen LogP contribution in [0.1, 0.15) is 11.1 Å². The van der Waals surface area contributed by atoms with Gasteiger partial charge in [-0.1, -0.05) is 30.9 Å². The highest BCUT2D eigenvalue weighted by Crippen LogP contribution is 2.26. The molecule has 1 aliphatic rings. The molecule has 1 aromatic rings. The zero-order valence-electron chi connectivity index (χ0n) is 7.09. The minimum Gasteiger partial charge on any atom is -0.355 e. The summed E-state index contributed by atoms with van der Waals surface area (Å²) in [4.78, 5) is 0. The summed E-state index contributed by atoms with van der Waals surface area (Å²) >= 11 is 0. The molecule has 0 spiro atoms. The molecule has 2 rings (SSSR count). The summed E-state index contributed by atoms with van der Waals surface area (Å²) in [6, 6.07) is 6.25. The number of anilines is 1. The van der Waals surface area contributed by atoms with Gasteiger partial charge in [0.1, 0.15) is 0 Å². The first-order valence-corrected chi connectivity index (χ1v) is 4.01. The van der Waals surface area contributed by atoms with Gasteiger partial charge in [0, 0.05) is 11.4 Å². The Hall–Kier alpha value is -1.50. The molecule has 0 atom stereocenters. The van der Waals surface area contributed by atoms with E-state index in [2.05, 4.69) is 43.1 Å². The first kappa shape index (κ1) is 7.17. The number of fused-ring (bicyclic) bond motifs is 1. The van der Waals surface area contributed by atoms with E-state index in [1.807, 2.05) is 6.08 Å². The van der Waals surface area contributed by atoms with Gasteiger partial charge in [-0.15, -0.1) is 0 Å². The van der Waals surface area contributed by atoms with Crippen LogP contribution in [0.3, 0.4) is 0 Å². The number of rotatable bonds is 0. The van der Waals surface area contributed by atoms with Crippen molar-refractivity contribution in [3.05, 3.63) is 47.7 Å². The molecular formula is C11H11N. The maximum absolute atomic E-state index is 3.86. The van der Waals surface area contributed by atoms with Crippen molar-refractivity contribution < 1.29 is 0 Å². The zero-order chi connectivity index (χ0) is 8.55. The fourth-order valence-corrected chi connectivity index (χ4v) is 1.39. The van der Waals surface area contributed by atoms with Crippen molar-refractivity contribution in [2.45, 2.75) is 6.92 Å². The maximum Gasteiger partial charge on any atom is 0.0487 e. The number of hydrogen-bond donors (Lipinski definition) is 1. The third-order valence-electron chi connectivity index (χ3n) is 2.05. The molecule has 12 heavy (non-hydrogen) atoms. The predicted molar refractivity (Wildman–Crippen MR) is 53.0 cm³/mol. The van der Waals surface area contributed by atoms with E-state index in [4.69, 9.17) is 0 Å². The third kappa shape index (κ3) is 1.03. The van der Waals surface area contributed by atoms with E-state index in [-0.39, 0.29) is 0 Å². The standard InChI is InChI=1S/C11H11N/c1-8-4-3-5-10-7-6-9(2)12-11(8)10/h3-7,12H,2H2,1H3. The van der Waals surface area contributed by atoms with Crippen molar-refractivity contribution in [1.82, 2.24) is 0 Å². The molecular weight excluding hydrogens is 146 g/mol. The van der Waals surface area contributed by atoms with E-state index >= 15 is 0 Å². The number of benzene rings is 1. The van der Waals surface area contributed by atoms with Gasteiger partial charge in [-0.3, -0.25) is 0 Å². The van der Waals surface area contributed by atoms with Crippen LogP contribution in [-0.2, 0) is 0 Å². The van der Waals surface area contributed by atoms with Gasteiger partial charge in [0.05, 0.1) is 0 Å². The molecule has 0 radical (unpaired) electrons. The van der Waals surface area contributed by atoms with E-state index in [0.717, 1.165) is 5.70 Å². The number of allylic oxidation sites excluding steroid dienone is 1. The topological polar surface area (TPSA) is 12.0 Å². The number of aryl methyl sites for hydroxylation is 1. The Morgan fingerprint density at radius 1 is 1.25 bits per heavy atom. The lowest BCUT2D eigenvalue weighted by Gasteiger charge is -2.16. The van der Waals surface area contributed by atoms with E-state index in [9.17, 15) is 0 Å². The normalized spacial score (nSPS) is 13.9. The Morgan fingerprint density at radius 2 is 2.08 bits per heavy atom. The first-order chi connectivity index (χ1) is 5.77. The highest BCUT2D eigenvalue weighted by molar-refractivity contribution is 5.76. The average molecular weight is 157 g/mol. The SMILES string of the molecule is C=C1C=Cc2cccc(C)c2N1. The summed E-state index contributed by atoms with van der Waals surface area (Å²) in [6.07, 6.45) is 4.07. The van der Waals surface area contributed by atoms with Crippen LogP contribution in [0, 0.1) is 6.92 Å². The minimum absolute atomic E-state index is 0.955. The third-order valence-corrected chi connectivity index (χ3v) is 2.05. The number of para-hydroxylation sites is 1. The molecule has 1 heterocycles. The Labute approximate surface area is 72.4 Å². The summed E-state index contributed by atoms with van der Waals surface area (Å²) in [5, 5.41) is 3.25. The summed E-state index contributed by atoms with van der Waals surface area (Å²) in [7, 11) is 0. The fraction of sp³-hybridized carbons (Fsp3) is 0.0909. The van der Waals surface area contributed by atoms with Gasteiger partial charge in [-0.2, -0.15) is 0 Å². The molecule has 0 unspecified atom stereocenters. The van der Waals surface area contributed by atoms with E-state index in [0.29, 0.717) is 0 Å². The Morgan fingerprint density at radius 3 is 2.92 bits per heavy atom. The van der Waals surface area contributed by atoms with Crippen LogP contribution in [0.4, 0.5) is 5.69 Å². The lowest BCUT2D eigenvalue weighted by molar-refractivity contribution is 1.37. The van der Waals surface area contributed by atoms with Crippen molar-refractivity contribution in [1.29, 1.82) is 0 Å². The zero-order valence-corrected chi connectivity index (χ0v) is 7.09. The molecule has 1 aromatic carbocycles. The van der Waals surface area contributed by atoms with Gasteiger partial charge in [0.15, 0.2) is 0 Å². The molecule has 1 heteroatoms. The molecule has 0 saturated carbocycles. The maximum atomic E-state index is 3.86. The number of hydrogen-bond acceptors (Lipinski definition) is 1. The first-order valence-electron chi connectivity index (χ1n) is 4.01. The summed E-state index contributed by atoms with van der Waals surface area (Å²) < 4.78 is 0.